The van der Waals surface area contributed by atoms with Gasteiger partial charge in [-0.2, -0.15) is 0 Å². The van der Waals surface area contributed by atoms with E-state index in [4.69, 9.17) is 4.42 Å². The van der Waals surface area contributed by atoms with Crippen molar-refractivity contribution in [3.63, 3.8) is 0 Å². The number of aliphatic imine (C=N–C) groups is 1. The van der Waals surface area contributed by atoms with E-state index in [1.807, 2.05) is 12.1 Å². The van der Waals surface area contributed by atoms with Gasteiger partial charge in [0.2, 0.25) is 5.89 Å². The van der Waals surface area contributed by atoms with E-state index < -0.39 is 0 Å². The number of anilines is 1. The van der Waals surface area contributed by atoms with E-state index in [0.717, 1.165) is 44.0 Å². The van der Waals surface area contributed by atoms with E-state index in [1.54, 1.807) is 19.3 Å². The van der Waals surface area contributed by atoms with E-state index in [0.29, 0.717) is 30.6 Å². The molecule has 0 amide bonds. The molecule has 1 saturated heterocycles. The standard InChI is InChI=1S/C23H35FN6O.HI/c1-6-29-9-11-30(12-10-29)19-8-7-17(13-18(19)24)14-27-22(25-5)28-16-21-26-15-20(31-21)23(2,3)4;/h7-8,13,15H,6,9-12,14,16H2,1-5H3,(H2,25,27,28);1H. The van der Waals surface area contributed by atoms with Crippen molar-refractivity contribution in [3.05, 3.63) is 47.4 Å². The van der Waals surface area contributed by atoms with Crippen molar-refractivity contribution in [2.45, 2.75) is 46.2 Å². The molecule has 1 aliphatic rings. The molecule has 7 nitrogen and oxygen atoms in total. The third-order valence-electron chi connectivity index (χ3n) is 5.56. The number of nitrogens with zero attached hydrogens (tertiary/aromatic N) is 4. The van der Waals surface area contributed by atoms with Crippen molar-refractivity contribution < 1.29 is 8.81 Å². The van der Waals surface area contributed by atoms with Gasteiger partial charge in [-0.25, -0.2) is 9.37 Å². The van der Waals surface area contributed by atoms with E-state index in [9.17, 15) is 4.39 Å². The Hall–Kier alpha value is -1.88. The predicted molar refractivity (Wildman–Crippen MR) is 138 cm³/mol. The van der Waals surface area contributed by atoms with Crippen LogP contribution in [0.3, 0.4) is 0 Å². The Morgan fingerprint density at radius 2 is 1.84 bits per heavy atom. The third-order valence-corrected chi connectivity index (χ3v) is 5.56. The van der Waals surface area contributed by atoms with Gasteiger partial charge in [-0.15, -0.1) is 24.0 Å². The van der Waals surface area contributed by atoms with Gasteiger partial charge in [0.05, 0.1) is 18.4 Å². The Kier molecular flexibility index (Phi) is 9.75. The minimum absolute atomic E-state index is 0. The molecule has 0 spiro atoms. The van der Waals surface area contributed by atoms with Gasteiger partial charge in [0.15, 0.2) is 5.96 Å². The third kappa shape index (κ3) is 7.06. The van der Waals surface area contributed by atoms with Crippen LogP contribution in [0.15, 0.2) is 33.8 Å². The van der Waals surface area contributed by atoms with Crippen LogP contribution in [0, 0.1) is 5.82 Å². The van der Waals surface area contributed by atoms with Crippen LogP contribution in [-0.4, -0.2) is 55.6 Å². The van der Waals surface area contributed by atoms with Gasteiger partial charge in [0.1, 0.15) is 11.6 Å². The summed E-state index contributed by atoms with van der Waals surface area (Å²) in [5.41, 5.74) is 1.47. The number of guanidine groups is 1. The minimum atomic E-state index is -0.179. The summed E-state index contributed by atoms with van der Waals surface area (Å²) in [4.78, 5) is 13.0. The SMILES string of the molecule is CCN1CCN(c2ccc(CNC(=NC)NCc3ncc(C(C)(C)C)o3)cc2F)CC1.I. The molecular weight excluding hydrogens is 522 g/mol. The first-order valence-corrected chi connectivity index (χ1v) is 11.0. The molecular formula is C23H36FIN6O. The summed E-state index contributed by atoms with van der Waals surface area (Å²) in [5.74, 6) is 1.88. The predicted octanol–water partition coefficient (Wildman–Crippen LogP) is 3.74. The van der Waals surface area contributed by atoms with E-state index in [-0.39, 0.29) is 35.2 Å². The Morgan fingerprint density at radius 3 is 2.41 bits per heavy atom. The normalized spacial score (nSPS) is 15.4. The average Bonchev–Trinajstić information content (AvgIpc) is 3.24. The second kappa shape index (κ2) is 11.8. The molecule has 0 aliphatic carbocycles. The Labute approximate surface area is 207 Å². The van der Waals surface area contributed by atoms with Crippen LogP contribution >= 0.6 is 24.0 Å². The first-order valence-electron chi connectivity index (χ1n) is 11.0. The summed E-state index contributed by atoms with van der Waals surface area (Å²) in [6, 6.07) is 5.45. The molecule has 32 heavy (non-hydrogen) atoms. The maximum absolute atomic E-state index is 14.7. The topological polar surface area (TPSA) is 68.9 Å². The summed E-state index contributed by atoms with van der Waals surface area (Å²) < 4.78 is 20.5. The first kappa shape index (κ1) is 26.4. The van der Waals surface area contributed by atoms with Gasteiger partial charge in [0.25, 0.3) is 0 Å². The van der Waals surface area contributed by atoms with E-state index in [1.165, 1.54) is 0 Å². The van der Waals surface area contributed by atoms with Crippen LogP contribution < -0.4 is 15.5 Å². The van der Waals surface area contributed by atoms with Crippen molar-refractivity contribution in [1.82, 2.24) is 20.5 Å². The molecule has 2 aromatic rings. The Morgan fingerprint density at radius 1 is 1.16 bits per heavy atom. The Bertz CT molecular complexity index is 887. The van der Waals surface area contributed by atoms with Gasteiger partial charge in [-0.1, -0.05) is 33.8 Å². The van der Waals surface area contributed by atoms with Crippen molar-refractivity contribution in [2.75, 3.05) is 44.7 Å². The molecule has 0 saturated carbocycles. The highest BCUT2D eigenvalue weighted by molar-refractivity contribution is 14.0. The summed E-state index contributed by atoms with van der Waals surface area (Å²) in [5, 5.41) is 6.40. The second-order valence-electron chi connectivity index (χ2n) is 8.85. The lowest BCUT2D eigenvalue weighted by atomic mass is 9.94. The smallest absolute Gasteiger partial charge is 0.213 e. The summed E-state index contributed by atoms with van der Waals surface area (Å²) in [6.45, 7) is 14.0. The Balaban J connectivity index is 0.00000363. The molecule has 9 heteroatoms. The van der Waals surface area contributed by atoms with Gasteiger partial charge in [-0.05, 0) is 24.2 Å². The first-order chi connectivity index (χ1) is 14.8. The molecule has 1 aromatic heterocycles. The lowest BCUT2D eigenvalue weighted by Gasteiger charge is -2.35. The number of piperazine rings is 1. The zero-order chi connectivity index (χ0) is 22.4. The second-order valence-corrected chi connectivity index (χ2v) is 8.85. The number of benzene rings is 1. The largest absolute Gasteiger partial charge is 0.443 e. The van der Waals surface area contributed by atoms with Gasteiger partial charge in [0, 0.05) is 45.2 Å². The highest BCUT2D eigenvalue weighted by Gasteiger charge is 2.20. The zero-order valence-corrected chi connectivity index (χ0v) is 22.1. The lowest BCUT2D eigenvalue weighted by molar-refractivity contribution is 0.270. The molecule has 2 N–H and O–H groups in total. The number of rotatable bonds is 6. The number of nitrogens with one attached hydrogen (secondary N) is 2. The molecule has 1 aromatic carbocycles. The monoisotopic (exact) mass is 558 g/mol. The molecule has 1 fully saturated rings. The summed E-state index contributed by atoms with van der Waals surface area (Å²) in [6.07, 6.45) is 1.76. The molecule has 3 rings (SSSR count). The maximum Gasteiger partial charge on any atom is 0.213 e. The lowest BCUT2D eigenvalue weighted by Crippen LogP contribution is -2.46. The van der Waals surface area contributed by atoms with E-state index >= 15 is 0 Å². The fourth-order valence-corrected chi connectivity index (χ4v) is 3.53. The van der Waals surface area contributed by atoms with Crippen LogP contribution in [0.5, 0.6) is 0 Å². The van der Waals surface area contributed by atoms with Crippen molar-refractivity contribution in [2.24, 2.45) is 4.99 Å². The summed E-state index contributed by atoms with van der Waals surface area (Å²) >= 11 is 0. The molecule has 1 aliphatic heterocycles. The fourth-order valence-electron chi connectivity index (χ4n) is 3.53. The number of aromatic nitrogens is 1. The van der Waals surface area contributed by atoms with Crippen molar-refractivity contribution >= 4 is 35.6 Å². The van der Waals surface area contributed by atoms with Crippen molar-refractivity contribution in [3.8, 4) is 0 Å². The zero-order valence-electron chi connectivity index (χ0n) is 19.7. The average molecular weight is 558 g/mol. The van der Waals surface area contributed by atoms with Crippen LogP contribution in [-0.2, 0) is 18.5 Å². The number of halogens is 2. The highest BCUT2D eigenvalue weighted by Crippen LogP contribution is 2.23. The van der Waals surface area contributed by atoms with Crippen LogP contribution in [0.2, 0.25) is 0 Å². The molecule has 0 radical (unpaired) electrons. The molecule has 2 heterocycles. The fraction of sp³-hybridized carbons (Fsp3) is 0.565. The van der Waals surface area contributed by atoms with Crippen LogP contribution in [0.4, 0.5) is 10.1 Å². The van der Waals surface area contributed by atoms with Crippen LogP contribution in [0.1, 0.15) is 44.9 Å². The molecule has 0 bridgehead atoms. The molecule has 0 atom stereocenters. The maximum atomic E-state index is 14.7. The minimum Gasteiger partial charge on any atom is -0.443 e. The van der Waals surface area contributed by atoms with Gasteiger partial charge >= 0.3 is 0 Å². The number of hydrogen-bond donors (Lipinski definition) is 2. The number of likely N-dealkylation sites (N-methyl/N-ethyl adjacent to an activating group) is 1. The highest BCUT2D eigenvalue weighted by atomic mass is 127. The quantitative estimate of drug-likeness (QED) is 0.320. The van der Waals surface area contributed by atoms with Crippen molar-refractivity contribution in [1.29, 1.82) is 0 Å². The number of oxazole rings is 1. The van der Waals surface area contributed by atoms with Gasteiger partial charge < -0.3 is 24.9 Å². The summed E-state index contributed by atoms with van der Waals surface area (Å²) in [7, 11) is 1.70. The van der Waals surface area contributed by atoms with Crippen LogP contribution in [0.25, 0.3) is 0 Å². The number of hydrogen-bond acceptors (Lipinski definition) is 5. The van der Waals surface area contributed by atoms with Gasteiger partial charge in [-0.3, -0.25) is 4.99 Å². The molecule has 178 valence electrons. The van der Waals surface area contributed by atoms with E-state index in [2.05, 4.69) is 58.1 Å². The molecule has 0 unspecified atom stereocenters.